The van der Waals surface area contributed by atoms with E-state index >= 15 is 0 Å². The van der Waals surface area contributed by atoms with Crippen LogP contribution in [0.1, 0.15) is 39.3 Å². The average molecular weight is 562 g/mol. The van der Waals surface area contributed by atoms with Gasteiger partial charge in [0.05, 0.1) is 21.5 Å². The van der Waals surface area contributed by atoms with Crippen LogP contribution in [0, 0.1) is 13.8 Å². The van der Waals surface area contributed by atoms with Crippen molar-refractivity contribution in [2.45, 2.75) is 31.7 Å². The monoisotopic (exact) mass is 561 g/mol. The van der Waals surface area contributed by atoms with Crippen LogP contribution in [0.4, 0.5) is 5.69 Å². The molecule has 8 heteroatoms. The molecule has 0 N–H and O–H groups in total. The minimum Gasteiger partial charge on any atom is -0.325 e. The number of hydrogen-bond donors (Lipinski definition) is 0. The molecule has 6 rings (SSSR count). The summed E-state index contributed by atoms with van der Waals surface area (Å²) in [4.78, 5) is 30.7. The Morgan fingerprint density at radius 1 is 0.854 bits per heavy atom. The number of carbonyl (C=O) groups is 1. The highest BCUT2D eigenvalue weighted by Crippen LogP contribution is 2.31. The van der Waals surface area contributed by atoms with Crippen molar-refractivity contribution in [2.24, 2.45) is 0 Å². The molecule has 1 amide bonds. The van der Waals surface area contributed by atoms with Crippen LogP contribution >= 0.6 is 0 Å². The number of fused-ring (bicyclic) bond motifs is 3. The number of aryl methyl sites for hydroxylation is 3. The van der Waals surface area contributed by atoms with Crippen molar-refractivity contribution in [2.75, 3.05) is 4.31 Å². The van der Waals surface area contributed by atoms with Crippen LogP contribution in [0.15, 0.2) is 107 Å². The number of nitrogens with zero attached hydrogens (tertiary/aromatic N) is 3. The van der Waals surface area contributed by atoms with E-state index in [0.29, 0.717) is 24.2 Å². The Kier molecular flexibility index (Phi) is 6.63. The van der Waals surface area contributed by atoms with Crippen LogP contribution < -0.4 is 9.86 Å². The Balaban J connectivity index is 1.39. The summed E-state index contributed by atoms with van der Waals surface area (Å²) in [6.07, 6.45) is 2.66. The number of carbonyl (C=O) groups excluding carboxylic acids is 1. The number of benzene rings is 4. The van der Waals surface area contributed by atoms with Crippen molar-refractivity contribution in [3.05, 3.63) is 135 Å². The summed E-state index contributed by atoms with van der Waals surface area (Å²) < 4.78 is 30.5. The van der Waals surface area contributed by atoms with Crippen LogP contribution in [0.25, 0.3) is 22.6 Å². The minimum absolute atomic E-state index is 0.0288. The van der Waals surface area contributed by atoms with Gasteiger partial charge in [-0.1, -0.05) is 59.7 Å². The molecule has 0 saturated heterocycles. The van der Waals surface area contributed by atoms with Gasteiger partial charge in [-0.25, -0.2) is 8.42 Å². The second-order valence-electron chi connectivity index (χ2n) is 10.2. The van der Waals surface area contributed by atoms with E-state index in [0.717, 1.165) is 32.1 Å². The van der Waals surface area contributed by atoms with Gasteiger partial charge < -0.3 is 4.57 Å². The Bertz CT molecular complexity index is 1990. The van der Waals surface area contributed by atoms with Crippen molar-refractivity contribution in [3.63, 3.8) is 0 Å². The molecule has 0 unspecified atom stereocenters. The number of aromatic nitrogens is 2. The van der Waals surface area contributed by atoms with Gasteiger partial charge in [-0.15, -0.1) is 0 Å². The van der Waals surface area contributed by atoms with Crippen LogP contribution in [0.2, 0.25) is 0 Å². The van der Waals surface area contributed by atoms with Gasteiger partial charge in [0.25, 0.3) is 21.5 Å². The summed E-state index contributed by atoms with van der Waals surface area (Å²) in [7, 11) is -4.21. The first-order valence-electron chi connectivity index (χ1n) is 13.3. The van der Waals surface area contributed by atoms with Crippen molar-refractivity contribution < 1.29 is 13.2 Å². The van der Waals surface area contributed by atoms with Crippen LogP contribution in [-0.2, 0) is 16.6 Å². The summed E-state index contributed by atoms with van der Waals surface area (Å²) in [5, 5.41) is 0.593. The van der Waals surface area contributed by atoms with Crippen LogP contribution in [0.5, 0.6) is 0 Å². The van der Waals surface area contributed by atoms with Crippen molar-refractivity contribution in [3.8, 4) is 0 Å². The van der Waals surface area contributed by atoms with Gasteiger partial charge in [0, 0.05) is 12.1 Å². The molecule has 0 bridgehead atoms. The van der Waals surface area contributed by atoms with E-state index in [1.54, 1.807) is 66.7 Å². The quantitative estimate of drug-likeness (QED) is 0.263. The number of allylic oxidation sites excluding steroid dienone is 1. The molecular formula is C33H27N3O4S. The maximum Gasteiger partial charge on any atom is 0.281 e. The van der Waals surface area contributed by atoms with E-state index in [2.05, 4.69) is 4.98 Å². The van der Waals surface area contributed by atoms with Crippen molar-refractivity contribution in [1.29, 1.82) is 0 Å². The molecule has 0 spiro atoms. The fourth-order valence-electron chi connectivity index (χ4n) is 5.07. The molecular weight excluding hydrogens is 534 g/mol. The molecule has 7 nitrogen and oxygen atoms in total. The molecule has 2 heterocycles. The highest BCUT2D eigenvalue weighted by molar-refractivity contribution is 7.93. The number of para-hydroxylation sites is 1. The number of rotatable bonds is 5. The largest absolute Gasteiger partial charge is 0.325 e. The lowest BCUT2D eigenvalue weighted by Gasteiger charge is -2.23. The number of anilines is 1. The van der Waals surface area contributed by atoms with Crippen molar-refractivity contribution in [1.82, 2.24) is 9.55 Å². The van der Waals surface area contributed by atoms with Gasteiger partial charge >= 0.3 is 0 Å². The van der Waals surface area contributed by atoms with Gasteiger partial charge in [-0.2, -0.15) is 9.29 Å². The van der Waals surface area contributed by atoms with Crippen LogP contribution in [0.3, 0.4) is 0 Å². The summed E-state index contributed by atoms with van der Waals surface area (Å²) >= 11 is 0. The summed E-state index contributed by atoms with van der Waals surface area (Å²) in [6, 6.07) is 27.5. The molecule has 0 fully saturated rings. The van der Waals surface area contributed by atoms with E-state index in [4.69, 9.17) is 0 Å². The van der Waals surface area contributed by atoms with E-state index in [1.807, 2.05) is 42.7 Å². The minimum atomic E-state index is -4.21. The molecule has 0 saturated carbocycles. The fraction of sp³-hybridized carbons (Fsp3) is 0.121. The average Bonchev–Trinajstić information content (AvgIpc) is 3.37. The van der Waals surface area contributed by atoms with Crippen molar-refractivity contribution >= 4 is 44.2 Å². The lowest BCUT2D eigenvalue weighted by Crippen LogP contribution is -2.37. The normalized spacial score (nSPS) is 13.9. The molecule has 4 aromatic carbocycles. The summed E-state index contributed by atoms with van der Waals surface area (Å²) in [5.41, 5.74) is 4.68. The molecule has 0 aliphatic carbocycles. The zero-order valence-corrected chi connectivity index (χ0v) is 23.4. The number of amides is 1. The molecule has 1 aliphatic rings. The number of sulfonamides is 1. The molecule has 1 aliphatic heterocycles. The van der Waals surface area contributed by atoms with Gasteiger partial charge in [-0.3, -0.25) is 9.59 Å². The van der Waals surface area contributed by atoms with Gasteiger partial charge in [0.15, 0.2) is 0 Å². The van der Waals surface area contributed by atoms with Gasteiger partial charge in [0.1, 0.15) is 5.82 Å². The molecule has 1 aromatic heterocycles. The zero-order valence-electron chi connectivity index (χ0n) is 22.6. The predicted molar refractivity (Wildman–Crippen MR) is 161 cm³/mol. The zero-order chi connectivity index (χ0) is 28.7. The Morgan fingerprint density at radius 3 is 2.17 bits per heavy atom. The predicted octanol–water partition coefficient (Wildman–Crippen LogP) is 5.99. The Hall–Kier alpha value is -4.82. The maximum atomic E-state index is 13.8. The topological polar surface area (TPSA) is 89.3 Å². The first-order valence-corrected chi connectivity index (χ1v) is 14.7. The highest BCUT2D eigenvalue weighted by atomic mass is 32.2. The molecule has 5 aromatic rings. The Morgan fingerprint density at radius 2 is 1.49 bits per heavy atom. The first-order chi connectivity index (χ1) is 19.7. The van der Waals surface area contributed by atoms with E-state index in [-0.39, 0.29) is 21.7 Å². The lowest BCUT2D eigenvalue weighted by atomic mass is 10.1. The summed E-state index contributed by atoms with van der Waals surface area (Å²) in [5.74, 6) is -0.00671. The Labute approximate surface area is 238 Å². The fourth-order valence-corrected chi connectivity index (χ4v) is 6.49. The second-order valence-corrected chi connectivity index (χ2v) is 12.0. The molecule has 204 valence electrons. The third-order valence-corrected chi connectivity index (χ3v) is 9.02. The number of hydrogen-bond acceptors (Lipinski definition) is 5. The van der Waals surface area contributed by atoms with Crippen LogP contribution in [-0.4, -0.2) is 23.9 Å². The second kappa shape index (κ2) is 10.3. The molecule has 41 heavy (non-hydrogen) atoms. The smallest absolute Gasteiger partial charge is 0.281 e. The first kappa shape index (κ1) is 26.4. The SMILES string of the molecule is Cc1ccc(C(=O)N(c2ccc(/C=C3\CCn4c3nc(=O)c3ccccc34)cc2)S(=O)(=O)c2ccc(C)cc2)cc1. The highest BCUT2D eigenvalue weighted by Gasteiger charge is 2.32. The standard InChI is InChI=1S/C33H27N3O4S/c1-22-7-13-25(14-8-22)33(38)36(41(39,40)28-17-9-23(2)10-18-28)27-15-11-24(12-16-27)21-26-19-20-35-30-6-4-3-5-29(30)32(37)34-31(26)35/h3-18,21H,19-20H2,1-2H3/b26-21+. The third kappa shape index (κ3) is 4.87. The van der Waals surface area contributed by atoms with Gasteiger partial charge in [-0.05, 0) is 86.0 Å². The lowest BCUT2D eigenvalue weighted by molar-refractivity contribution is 0.101. The van der Waals surface area contributed by atoms with Gasteiger partial charge in [0.2, 0.25) is 0 Å². The van der Waals surface area contributed by atoms with E-state index in [1.165, 1.54) is 12.1 Å². The maximum absolute atomic E-state index is 13.8. The summed E-state index contributed by atoms with van der Waals surface area (Å²) in [6.45, 7) is 4.48. The molecule has 0 radical (unpaired) electrons. The third-order valence-electron chi connectivity index (χ3n) is 7.29. The van der Waals surface area contributed by atoms with E-state index in [9.17, 15) is 18.0 Å². The molecule has 0 atom stereocenters. The van der Waals surface area contributed by atoms with E-state index < -0.39 is 15.9 Å².